The molecule has 0 N–H and O–H groups in total. The Morgan fingerprint density at radius 3 is 1.33 bits per heavy atom. The maximum Gasteiger partial charge on any atom is 0.226 e. The molecule has 2 aromatic heterocycles. The fraction of sp³-hybridized carbons (Fsp3) is 0.409. The highest BCUT2D eigenvalue weighted by Crippen LogP contribution is 2.51. The molecule has 54 heavy (non-hydrogen) atoms. The fourth-order valence-corrected chi connectivity index (χ4v) is 11.3. The van der Waals surface area contributed by atoms with Crippen LogP contribution in [-0.2, 0) is 9.59 Å². The lowest BCUT2D eigenvalue weighted by Gasteiger charge is -2.44. The number of hydrogen-bond acceptors (Lipinski definition) is 4. The van der Waals surface area contributed by atoms with E-state index in [-0.39, 0.29) is 47.6 Å². The van der Waals surface area contributed by atoms with Crippen LogP contribution in [0.1, 0.15) is 96.2 Å². The van der Waals surface area contributed by atoms with Gasteiger partial charge in [0, 0.05) is 56.6 Å². The topological polar surface area (TPSA) is 40.6 Å². The summed E-state index contributed by atoms with van der Waals surface area (Å²) in [5, 5.41) is 1.47. The summed E-state index contributed by atoms with van der Waals surface area (Å²) in [4.78, 5) is 33.3. The van der Waals surface area contributed by atoms with Gasteiger partial charge in [0.15, 0.2) is 0 Å². The molecule has 284 valence electrons. The Labute approximate surface area is 347 Å². The minimum atomic E-state index is -0.0167. The first-order valence-corrected chi connectivity index (χ1v) is 22.1. The number of benzene rings is 2. The molecule has 0 spiro atoms. The predicted octanol–water partition coefficient (Wildman–Crippen LogP) is 13.4. The van der Waals surface area contributed by atoms with E-state index in [2.05, 4.69) is 47.2 Å². The molecule has 4 fully saturated rings. The highest BCUT2D eigenvalue weighted by Gasteiger charge is 2.46. The first-order valence-electron chi connectivity index (χ1n) is 19.0. The lowest BCUT2D eigenvalue weighted by molar-refractivity contribution is -0.144. The van der Waals surface area contributed by atoms with Crippen molar-refractivity contribution in [1.29, 1.82) is 0 Å². The van der Waals surface area contributed by atoms with Crippen molar-refractivity contribution in [3.63, 3.8) is 0 Å². The number of piperidine rings is 2. The number of hydrogen-bond donors (Lipinski definition) is 0. The summed E-state index contributed by atoms with van der Waals surface area (Å²) in [5.74, 6) is 2.17. The van der Waals surface area contributed by atoms with Crippen LogP contribution in [0.25, 0.3) is 0 Å². The standard InChI is InChI=1S/2C22H23Cl2NOS/c2*1-2-4-16-12-18(15-5-3-6-17(23)11-15)21(19-9-10-20(24)27-19)25(22(16)26)13-14-7-8-14/h2*2-3,5-6,9-11,14,16,18,21H,1,4,7-8,12-13H2/t16-,18?,21+;16-,18?,21-/m10/s1. The Balaban J connectivity index is 0.000000167. The number of carbonyl (C=O) groups is 2. The van der Waals surface area contributed by atoms with Gasteiger partial charge in [-0.15, -0.1) is 35.8 Å². The number of amides is 2. The van der Waals surface area contributed by atoms with Crippen LogP contribution < -0.4 is 0 Å². The minimum absolute atomic E-state index is 0.0167. The highest BCUT2D eigenvalue weighted by atomic mass is 35.5. The molecule has 4 aliphatic rings. The third-order valence-electron chi connectivity index (χ3n) is 11.3. The summed E-state index contributed by atoms with van der Waals surface area (Å²) >= 11 is 28.3. The largest absolute Gasteiger partial charge is 0.334 e. The van der Waals surface area contributed by atoms with E-state index in [1.807, 2.05) is 60.7 Å². The van der Waals surface area contributed by atoms with Crippen molar-refractivity contribution in [1.82, 2.24) is 9.80 Å². The Bertz CT molecular complexity index is 1830. The van der Waals surface area contributed by atoms with Gasteiger partial charge in [-0.3, -0.25) is 9.59 Å². The van der Waals surface area contributed by atoms with E-state index in [4.69, 9.17) is 46.4 Å². The Hall–Kier alpha value is -2.58. The molecular formula is C44H46Cl4N2O2S2. The summed E-state index contributed by atoms with van der Waals surface area (Å²) in [6.07, 6.45) is 11.7. The molecule has 0 bridgehead atoms. The van der Waals surface area contributed by atoms with Gasteiger partial charge in [0.05, 0.1) is 20.8 Å². The summed E-state index contributed by atoms with van der Waals surface area (Å²) in [5.41, 5.74) is 2.39. The van der Waals surface area contributed by atoms with Gasteiger partial charge in [-0.2, -0.15) is 0 Å². The van der Waals surface area contributed by atoms with Crippen LogP contribution in [0.5, 0.6) is 0 Å². The predicted molar refractivity (Wildman–Crippen MR) is 227 cm³/mol. The number of allylic oxidation sites excluding steroid dienone is 2. The van der Waals surface area contributed by atoms with Crippen LogP contribution in [0.4, 0.5) is 0 Å². The van der Waals surface area contributed by atoms with Gasteiger partial charge < -0.3 is 9.80 Å². The van der Waals surface area contributed by atoms with Crippen molar-refractivity contribution in [2.75, 3.05) is 13.1 Å². The molecule has 2 saturated heterocycles. The molecule has 10 heteroatoms. The molecule has 2 aromatic carbocycles. The molecule has 6 atom stereocenters. The average molecular weight is 841 g/mol. The maximum atomic E-state index is 13.3. The second kappa shape index (κ2) is 17.7. The Morgan fingerprint density at radius 1 is 0.611 bits per heavy atom. The third kappa shape index (κ3) is 9.33. The van der Waals surface area contributed by atoms with E-state index in [0.29, 0.717) is 11.8 Å². The smallest absolute Gasteiger partial charge is 0.226 e. The molecule has 0 radical (unpaired) electrons. The molecule has 2 unspecified atom stereocenters. The number of rotatable bonds is 12. The van der Waals surface area contributed by atoms with Gasteiger partial charge in [-0.05, 0) is 123 Å². The second-order valence-corrected chi connectivity index (χ2v) is 19.6. The minimum Gasteiger partial charge on any atom is -0.334 e. The van der Waals surface area contributed by atoms with Crippen molar-refractivity contribution in [2.24, 2.45) is 23.7 Å². The fourth-order valence-electron chi connectivity index (χ4n) is 8.40. The number of carbonyl (C=O) groups excluding carboxylic acids is 2. The number of halogens is 4. The van der Waals surface area contributed by atoms with Gasteiger partial charge in [0.1, 0.15) is 0 Å². The van der Waals surface area contributed by atoms with Crippen molar-refractivity contribution in [3.05, 3.63) is 138 Å². The Kier molecular flexibility index (Phi) is 13.0. The van der Waals surface area contributed by atoms with Crippen LogP contribution in [-0.4, -0.2) is 34.7 Å². The molecule has 2 amide bonds. The van der Waals surface area contributed by atoms with Gasteiger partial charge in [0.2, 0.25) is 11.8 Å². The molecule has 8 rings (SSSR count). The highest BCUT2D eigenvalue weighted by molar-refractivity contribution is 7.16. The summed E-state index contributed by atoms with van der Waals surface area (Å²) in [7, 11) is 0. The quantitative estimate of drug-likeness (QED) is 0.133. The van der Waals surface area contributed by atoms with Crippen molar-refractivity contribution in [3.8, 4) is 0 Å². The molecular weight excluding hydrogens is 794 g/mol. The van der Waals surface area contributed by atoms with Crippen molar-refractivity contribution in [2.45, 2.75) is 75.3 Å². The van der Waals surface area contributed by atoms with Crippen molar-refractivity contribution < 1.29 is 9.59 Å². The molecule has 4 aromatic rings. The van der Waals surface area contributed by atoms with Crippen LogP contribution in [0.3, 0.4) is 0 Å². The second-order valence-electron chi connectivity index (χ2n) is 15.3. The third-order valence-corrected chi connectivity index (χ3v) is 14.4. The SMILES string of the molecule is C=CC[C@@H]1CC(c2cccc(Cl)c2)[C@@H](c2ccc(Cl)s2)N(CC2CC2)C1=O.C=CC[C@H]1CC(c2cccc(Cl)c2)[C@@H](c2ccc(Cl)s2)N(CC2CC2)C1=O. The zero-order valence-electron chi connectivity index (χ0n) is 30.2. The van der Waals surface area contributed by atoms with Gasteiger partial charge >= 0.3 is 0 Å². The van der Waals surface area contributed by atoms with Crippen LogP contribution >= 0.6 is 69.1 Å². The van der Waals surface area contributed by atoms with Gasteiger partial charge in [0.25, 0.3) is 0 Å². The molecule has 2 saturated carbocycles. The maximum absolute atomic E-state index is 13.3. The van der Waals surface area contributed by atoms with Crippen molar-refractivity contribution >= 4 is 80.9 Å². The van der Waals surface area contributed by atoms with E-state index >= 15 is 0 Å². The van der Waals surface area contributed by atoms with E-state index in [0.717, 1.165) is 67.2 Å². The summed E-state index contributed by atoms with van der Waals surface area (Å²) in [6, 6.07) is 24.2. The molecule has 4 nitrogen and oxygen atoms in total. The average Bonchev–Trinajstić information content (AvgIpc) is 4.07. The van der Waals surface area contributed by atoms with E-state index in [9.17, 15) is 9.59 Å². The normalized spacial score (nSPS) is 25.6. The van der Waals surface area contributed by atoms with Crippen LogP contribution in [0.2, 0.25) is 18.7 Å². The number of thiophene rings is 2. The number of nitrogens with zero attached hydrogens (tertiary/aromatic N) is 2. The van der Waals surface area contributed by atoms with Crippen LogP contribution in [0.15, 0.2) is 98.1 Å². The van der Waals surface area contributed by atoms with Gasteiger partial charge in [-0.1, -0.05) is 82.8 Å². The first-order chi connectivity index (χ1) is 26.1. The first kappa shape index (κ1) is 39.6. The summed E-state index contributed by atoms with van der Waals surface area (Å²) < 4.78 is 1.53. The van der Waals surface area contributed by atoms with Crippen LogP contribution in [0, 0.1) is 23.7 Å². The number of likely N-dealkylation sites (tertiary alicyclic amines) is 2. The Morgan fingerprint density at radius 2 is 1.02 bits per heavy atom. The zero-order valence-corrected chi connectivity index (χ0v) is 34.9. The molecule has 2 aliphatic carbocycles. The van der Waals surface area contributed by atoms with E-state index in [1.165, 1.54) is 36.8 Å². The molecule has 4 heterocycles. The zero-order chi connectivity index (χ0) is 37.9. The van der Waals surface area contributed by atoms with E-state index in [1.54, 1.807) is 22.7 Å². The monoisotopic (exact) mass is 838 g/mol. The lowest BCUT2D eigenvalue weighted by atomic mass is 9.76. The lowest BCUT2D eigenvalue weighted by Crippen LogP contribution is -2.47. The van der Waals surface area contributed by atoms with E-state index < -0.39 is 0 Å². The molecule has 2 aliphatic heterocycles. The summed E-state index contributed by atoms with van der Waals surface area (Å²) in [6.45, 7) is 9.42. The van der Waals surface area contributed by atoms with Gasteiger partial charge in [-0.25, -0.2) is 0 Å².